The number of carbonyl (C=O) groups excluding carboxylic acids is 1. The summed E-state index contributed by atoms with van der Waals surface area (Å²) in [6.45, 7) is 0. The third-order valence-corrected chi connectivity index (χ3v) is 6.08. The fourth-order valence-electron chi connectivity index (χ4n) is 4.83. The van der Waals surface area contributed by atoms with Crippen LogP contribution in [-0.4, -0.2) is 10.5 Å². The van der Waals surface area contributed by atoms with Crippen molar-refractivity contribution in [2.75, 3.05) is 0 Å². The minimum atomic E-state index is -0.799. The second-order valence-corrected chi connectivity index (χ2v) is 7.59. The highest BCUT2D eigenvalue weighted by atomic mass is 127. The lowest BCUT2D eigenvalue weighted by molar-refractivity contribution is -0.671. The highest BCUT2D eigenvalue weighted by Crippen LogP contribution is 2.49. The van der Waals surface area contributed by atoms with E-state index < -0.39 is 5.41 Å². The molecule has 0 radical (unpaired) electrons. The number of carbonyl (C=O) groups is 1. The molecule has 1 heterocycles. The molecular formula is C23H26IN3O. The summed E-state index contributed by atoms with van der Waals surface area (Å²) in [5, 5.41) is 0. The lowest BCUT2D eigenvalue weighted by Crippen LogP contribution is -3.00. The molecule has 1 saturated carbocycles. The highest BCUT2D eigenvalue weighted by Gasteiger charge is 2.50. The van der Waals surface area contributed by atoms with Crippen LogP contribution in [-0.2, 0) is 17.3 Å². The zero-order chi connectivity index (χ0) is 18.9. The van der Waals surface area contributed by atoms with Crippen molar-refractivity contribution in [3.63, 3.8) is 0 Å². The molecule has 0 bridgehead atoms. The van der Waals surface area contributed by atoms with Crippen molar-refractivity contribution in [3.05, 3.63) is 90.5 Å². The van der Waals surface area contributed by atoms with Gasteiger partial charge in [-0.1, -0.05) is 60.7 Å². The molecule has 2 N–H and O–H groups in total. The van der Waals surface area contributed by atoms with E-state index in [4.69, 9.17) is 5.73 Å². The topological polar surface area (TPSA) is 51.9 Å². The first-order valence-corrected chi connectivity index (χ1v) is 9.56. The SMILES string of the molecule is C[n+]1ccn(C2CCC(C(C(N)=O)(c3ccccc3)c3ccccc3)C2)c1.[I-]. The number of halogens is 1. The molecular weight excluding hydrogens is 461 g/mol. The van der Waals surface area contributed by atoms with E-state index in [1.165, 1.54) is 0 Å². The van der Waals surface area contributed by atoms with E-state index in [9.17, 15) is 4.79 Å². The van der Waals surface area contributed by atoms with Crippen LogP contribution in [0.5, 0.6) is 0 Å². The summed E-state index contributed by atoms with van der Waals surface area (Å²) >= 11 is 0. The Bertz CT molecular complexity index is 884. The summed E-state index contributed by atoms with van der Waals surface area (Å²) in [5.41, 5.74) is 7.34. The molecule has 1 fully saturated rings. The van der Waals surface area contributed by atoms with E-state index in [-0.39, 0.29) is 35.8 Å². The maximum absolute atomic E-state index is 13.1. The van der Waals surface area contributed by atoms with Crippen molar-refractivity contribution in [2.45, 2.75) is 30.7 Å². The van der Waals surface area contributed by atoms with Crippen molar-refractivity contribution < 1.29 is 33.3 Å². The normalized spacial score (nSPS) is 19.2. The fraction of sp³-hybridized carbons (Fsp3) is 0.304. The standard InChI is InChI=1S/C23H25N3O.HI/c1-25-14-15-26(17-25)21-13-12-20(16-21)23(22(24)27,18-8-4-2-5-9-18)19-10-6-3-7-11-19;/h2-11,14-15,17,20-21H,12-13,16H2,1H3,(H-,24,27);1H. The molecule has 0 aliphatic heterocycles. The van der Waals surface area contributed by atoms with Crippen LogP contribution in [0, 0.1) is 5.92 Å². The third kappa shape index (κ3) is 3.48. The average Bonchev–Trinajstić information content (AvgIpc) is 3.33. The lowest BCUT2D eigenvalue weighted by Gasteiger charge is -2.37. The monoisotopic (exact) mass is 487 g/mol. The lowest BCUT2D eigenvalue weighted by atomic mass is 9.64. The van der Waals surface area contributed by atoms with Crippen LogP contribution < -0.4 is 34.3 Å². The second kappa shape index (κ2) is 8.47. The van der Waals surface area contributed by atoms with Gasteiger partial charge in [0.25, 0.3) is 0 Å². The van der Waals surface area contributed by atoms with Crippen molar-refractivity contribution in [3.8, 4) is 0 Å². The Labute approximate surface area is 183 Å². The first-order chi connectivity index (χ1) is 13.1. The number of amides is 1. The predicted octanol–water partition coefficient (Wildman–Crippen LogP) is 0.129. The van der Waals surface area contributed by atoms with Gasteiger partial charge in [0.2, 0.25) is 12.2 Å². The zero-order valence-corrected chi connectivity index (χ0v) is 18.2. The number of hydrogen-bond donors (Lipinski definition) is 1. The van der Waals surface area contributed by atoms with Crippen LogP contribution in [0.3, 0.4) is 0 Å². The molecule has 2 atom stereocenters. The summed E-state index contributed by atoms with van der Waals surface area (Å²) in [6.07, 6.45) is 9.24. The Kier molecular flexibility index (Phi) is 6.23. The molecule has 4 nitrogen and oxygen atoms in total. The number of rotatable bonds is 5. The number of nitrogens with zero attached hydrogens (tertiary/aromatic N) is 2. The molecule has 1 aromatic heterocycles. The van der Waals surface area contributed by atoms with E-state index in [0.29, 0.717) is 6.04 Å². The maximum Gasteiger partial charge on any atom is 0.243 e. The summed E-state index contributed by atoms with van der Waals surface area (Å²) < 4.78 is 4.32. The van der Waals surface area contributed by atoms with Crippen molar-refractivity contribution >= 4 is 5.91 Å². The van der Waals surface area contributed by atoms with Crippen LogP contribution in [0.1, 0.15) is 36.4 Å². The number of aromatic nitrogens is 2. The van der Waals surface area contributed by atoms with Gasteiger partial charge in [0.05, 0.1) is 7.05 Å². The number of benzene rings is 2. The average molecular weight is 487 g/mol. The Balaban J connectivity index is 0.00000225. The molecule has 146 valence electrons. The highest BCUT2D eigenvalue weighted by molar-refractivity contribution is 5.91. The van der Waals surface area contributed by atoms with Crippen LogP contribution >= 0.6 is 0 Å². The summed E-state index contributed by atoms with van der Waals surface area (Å²) in [7, 11) is 2.03. The first-order valence-electron chi connectivity index (χ1n) is 9.56. The van der Waals surface area contributed by atoms with Gasteiger partial charge in [0.15, 0.2) is 0 Å². The van der Waals surface area contributed by atoms with Gasteiger partial charge in [-0.3, -0.25) is 4.79 Å². The molecule has 2 unspecified atom stereocenters. The van der Waals surface area contributed by atoms with E-state index in [1.807, 2.05) is 67.7 Å². The van der Waals surface area contributed by atoms with E-state index in [0.717, 1.165) is 30.4 Å². The number of primary amides is 1. The molecule has 2 aromatic carbocycles. The van der Waals surface area contributed by atoms with E-state index in [2.05, 4.69) is 27.9 Å². The van der Waals surface area contributed by atoms with Gasteiger partial charge in [-0.05, 0) is 36.3 Å². The Morgan fingerprint density at radius 3 is 2.07 bits per heavy atom. The smallest absolute Gasteiger partial charge is 0.243 e. The van der Waals surface area contributed by atoms with Gasteiger partial charge in [-0.25, -0.2) is 9.13 Å². The molecule has 1 aliphatic rings. The van der Waals surface area contributed by atoms with Crippen molar-refractivity contribution in [1.29, 1.82) is 0 Å². The molecule has 4 rings (SSSR count). The van der Waals surface area contributed by atoms with E-state index >= 15 is 0 Å². The number of imidazole rings is 1. The Morgan fingerprint density at radius 1 is 1.04 bits per heavy atom. The minimum Gasteiger partial charge on any atom is -1.00 e. The summed E-state index contributed by atoms with van der Waals surface area (Å²) in [6, 6.07) is 20.5. The second-order valence-electron chi connectivity index (χ2n) is 7.59. The zero-order valence-electron chi connectivity index (χ0n) is 16.0. The van der Waals surface area contributed by atoms with Crippen molar-refractivity contribution in [2.24, 2.45) is 18.7 Å². The van der Waals surface area contributed by atoms with Gasteiger partial charge in [0.1, 0.15) is 23.9 Å². The van der Waals surface area contributed by atoms with Crippen LogP contribution in [0.25, 0.3) is 0 Å². The molecule has 1 amide bonds. The Hall–Kier alpha value is -2.15. The van der Waals surface area contributed by atoms with Gasteiger partial charge in [-0.15, -0.1) is 0 Å². The molecule has 28 heavy (non-hydrogen) atoms. The van der Waals surface area contributed by atoms with Crippen molar-refractivity contribution in [1.82, 2.24) is 4.57 Å². The first kappa shape index (κ1) is 20.6. The van der Waals surface area contributed by atoms with Crippen LogP contribution in [0.2, 0.25) is 0 Å². The van der Waals surface area contributed by atoms with Gasteiger partial charge in [0, 0.05) is 0 Å². The number of aryl methyl sites for hydroxylation is 1. The number of hydrogen-bond acceptors (Lipinski definition) is 1. The number of nitrogens with two attached hydrogens (primary N) is 1. The summed E-state index contributed by atoms with van der Waals surface area (Å²) in [5.74, 6) is -0.0962. The fourth-order valence-corrected chi connectivity index (χ4v) is 4.83. The van der Waals surface area contributed by atoms with Crippen LogP contribution in [0.4, 0.5) is 0 Å². The van der Waals surface area contributed by atoms with Gasteiger partial charge >= 0.3 is 0 Å². The molecule has 3 aromatic rings. The molecule has 0 saturated heterocycles. The van der Waals surface area contributed by atoms with Crippen LogP contribution in [0.15, 0.2) is 79.4 Å². The minimum absolute atomic E-state index is 0. The third-order valence-electron chi connectivity index (χ3n) is 6.08. The quantitative estimate of drug-likeness (QED) is 0.404. The Morgan fingerprint density at radius 2 is 1.61 bits per heavy atom. The van der Waals surface area contributed by atoms with E-state index in [1.54, 1.807) is 0 Å². The predicted molar refractivity (Wildman–Crippen MR) is 105 cm³/mol. The van der Waals surface area contributed by atoms with Gasteiger partial charge < -0.3 is 29.7 Å². The molecule has 0 spiro atoms. The van der Waals surface area contributed by atoms with Gasteiger partial charge in [-0.2, -0.15) is 0 Å². The molecule has 1 aliphatic carbocycles. The maximum atomic E-state index is 13.1. The largest absolute Gasteiger partial charge is 1.00 e. The molecule has 5 heteroatoms. The summed E-state index contributed by atoms with van der Waals surface area (Å²) in [4.78, 5) is 13.1.